The molecular weight excluding hydrogens is 294 g/mol. The summed E-state index contributed by atoms with van der Waals surface area (Å²) >= 11 is 0. The molecule has 1 atom stereocenters. The van der Waals surface area contributed by atoms with Crippen LogP contribution >= 0.6 is 0 Å². The molecule has 1 unspecified atom stereocenters. The SMILES string of the molecule is Cc1ccc2c(OCC(O)COCc3ccco3)cccc2n1. The fourth-order valence-electron chi connectivity index (χ4n) is 2.28. The maximum absolute atomic E-state index is 9.96. The molecule has 0 radical (unpaired) electrons. The Bertz CT molecular complexity index is 755. The van der Waals surface area contributed by atoms with Crippen molar-refractivity contribution in [2.45, 2.75) is 19.6 Å². The summed E-state index contributed by atoms with van der Waals surface area (Å²) < 4.78 is 16.3. The zero-order valence-electron chi connectivity index (χ0n) is 12.9. The molecule has 2 heterocycles. The van der Waals surface area contributed by atoms with E-state index in [1.807, 2.05) is 43.3 Å². The van der Waals surface area contributed by atoms with Crippen molar-refractivity contribution in [3.8, 4) is 5.75 Å². The normalized spacial score (nSPS) is 12.4. The van der Waals surface area contributed by atoms with E-state index in [1.54, 1.807) is 12.3 Å². The first-order valence-electron chi connectivity index (χ1n) is 7.50. The Hall–Kier alpha value is -2.37. The van der Waals surface area contributed by atoms with Crippen LogP contribution in [-0.4, -0.2) is 29.4 Å². The van der Waals surface area contributed by atoms with E-state index in [0.717, 1.165) is 22.4 Å². The summed E-state index contributed by atoms with van der Waals surface area (Å²) in [6, 6.07) is 13.3. The number of pyridine rings is 1. The Morgan fingerprint density at radius 2 is 2.04 bits per heavy atom. The van der Waals surface area contributed by atoms with Crippen LogP contribution in [0.5, 0.6) is 5.75 Å². The van der Waals surface area contributed by atoms with Gasteiger partial charge >= 0.3 is 0 Å². The second kappa shape index (κ2) is 7.26. The van der Waals surface area contributed by atoms with Crippen molar-refractivity contribution in [2.75, 3.05) is 13.2 Å². The predicted molar refractivity (Wildman–Crippen MR) is 86.3 cm³/mol. The lowest BCUT2D eigenvalue weighted by atomic mass is 10.2. The second-order valence-electron chi connectivity index (χ2n) is 5.33. The lowest BCUT2D eigenvalue weighted by molar-refractivity contribution is 0.00113. The zero-order valence-corrected chi connectivity index (χ0v) is 12.9. The highest BCUT2D eigenvalue weighted by molar-refractivity contribution is 5.85. The van der Waals surface area contributed by atoms with E-state index in [2.05, 4.69) is 4.98 Å². The van der Waals surface area contributed by atoms with Gasteiger partial charge in [0.15, 0.2) is 0 Å². The van der Waals surface area contributed by atoms with Crippen LogP contribution in [0.15, 0.2) is 53.1 Å². The van der Waals surface area contributed by atoms with Gasteiger partial charge in [-0.2, -0.15) is 0 Å². The third-order valence-electron chi connectivity index (χ3n) is 3.40. The number of hydrogen-bond donors (Lipinski definition) is 1. The van der Waals surface area contributed by atoms with Crippen LogP contribution in [0.25, 0.3) is 10.9 Å². The van der Waals surface area contributed by atoms with Crippen molar-refractivity contribution in [1.82, 2.24) is 4.98 Å². The summed E-state index contributed by atoms with van der Waals surface area (Å²) in [6.45, 7) is 2.63. The largest absolute Gasteiger partial charge is 0.490 e. The number of hydrogen-bond acceptors (Lipinski definition) is 5. The van der Waals surface area contributed by atoms with Gasteiger partial charge in [-0.25, -0.2) is 0 Å². The predicted octanol–water partition coefficient (Wildman–Crippen LogP) is 3.09. The van der Waals surface area contributed by atoms with Gasteiger partial charge in [0, 0.05) is 11.1 Å². The fourth-order valence-corrected chi connectivity index (χ4v) is 2.28. The lowest BCUT2D eigenvalue weighted by Crippen LogP contribution is -2.23. The van der Waals surface area contributed by atoms with E-state index in [9.17, 15) is 5.11 Å². The number of fused-ring (bicyclic) bond motifs is 1. The smallest absolute Gasteiger partial charge is 0.129 e. The Balaban J connectivity index is 1.53. The van der Waals surface area contributed by atoms with Gasteiger partial charge < -0.3 is 19.0 Å². The van der Waals surface area contributed by atoms with Crippen LogP contribution in [0.1, 0.15) is 11.5 Å². The first-order chi connectivity index (χ1) is 11.2. The maximum Gasteiger partial charge on any atom is 0.129 e. The molecule has 0 spiro atoms. The molecule has 1 N–H and O–H groups in total. The molecule has 0 bridgehead atoms. The summed E-state index contributed by atoms with van der Waals surface area (Å²) in [6.07, 6.45) is 0.882. The molecule has 1 aromatic carbocycles. The maximum atomic E-state index is 9.96. The van der Waals surface area contributed by atoms with Gasteiger partial charge in [0.1, 0.15) is 30.8 Å². The van der Waals surface area contributed by atoms with Crippen molar-refractivity contribution in [2.24, 2.45) is 0 Å². The fraction of sp³-hybridized carbons (Fsp3) is 0.278. The number of benzene rings is 1. The van der Waals surface area contributed by atoms with Crippen LogP contribution in [0, 0.1) is 6.92 Å². The highest BCUT2D eigenvalue weighted by atomic mass is 16.5. The number of aliphatic hydroxyl groups excluding tert-OH is 1. The summed E-state index contributed by atoms with van der Waals surface area (Å²) in [7, 11) is 0. The minimum Gasteiger partial charge on any atom is -0.490 e. The number of aryl methyl sites for hydroxylation is 1. The third-order valence-corrected chi connectivity index (χ3v) is 3.40. The van der Waals surface area contributed by atoms with Gasteiger partial charge in [-0.15, -0.1) is 0 Å². The zero-order chi connectivity index (χ0) is 16.1. The van der Waals surface area contributed by atoms with E-state index in [-0.39, 0.29) is 13.2 Å². The molecule has 5 nitrogen and oxygen atoms in total. The van der Waals surface area contributed by atoms with Gasteiger partial charge in [0.2, 0.25) is 0 Å². The highest BCUT2D eigenvalue weighted by Gasteiger charge is 2.09. The molecule has 5 heteroatoms. The number of nitrogens with zero attached hydrogens (tertiary/aromatic N) is 1. The third kappa shape index (κ3) is 4.09. The van der Waals surface area contributed by atoms with Crippen molar-refractivity contribution in [3.63, 3.8) is 0 Å². The molecule has 2 aromatic heterocycles. The highest BCUT2D eigenvalue weighted by Crippen LogP contribution is 2.24. The summed E-state index contributed by atoms with van der Waals surface area (Å²) in [5.74, 6) is 1.44. The first kappa shape index (κ1) is 15.5. The molecule has 120 valence electrons. The first-order valence-corrected chi connectivity index (χ1v) is 7.50. The van der Waals surface area contributed by atoms with E-state index in [0.29, 0.717) is 12.4 Å². The molecule has 3 rings (SSSR count). The standard InChI is InChI=1S/C18H19NO4/c1-13-7-8-16-17(19-13)5-2-6-18(16)23-11-14(20)10-21-12-15-4-3-9-22-15/h2-9,14,20H,10-12H2,1H3. The number of rotatable bonds is 7. The quantitative estimate of drug-likeness (QED) is 0.726. The average molecular weight is 313 g/mol. The van der Waals surface area contributed by atoms with Gasteiger partial charge in [-0.05, 0) is 43.3 Å². The topological polar surface area (TPSA) is 64.7 Å². The number of furan rings is 1. The molecule has 0 aliphatic rings. The minimum atomic E-state index is -0.710. The van der Waals surface area contributed by atoms with Crippen LogP contribution in [0.3, 0.4) is 0 Å². The number of ether oxygens (including phenoxy) is 2. The van der Waals surface area contributed by atoms with Crippen LogP contribution < -0.4 is 4.74 Å². The Labute approximate surface area is 134 Å². The Morgan fingerprint density at radius 3 is 2.87 bits per heavy atom. The summed E-state index contributed by atoms with van der Waals surface area (Å²) in [5.41, 5.74) is 1.84. The van der Waals surface area contributed by atoms with Crippen molar-refractivity contribution in [3.05, 3.63) is 60.2 Å². The second-order valence-corrected chi connectivity index (χ2v) is 5.33. The molecule has 3 aromatic rings. The van der Waals surface area contributed by atoms with Gasteiger partial charge in [0.25, 0.3) is 0 Å². The molecule has 0 fully saturated rings. The van der Waals surface area contributed by atoms with Gasteiger partial charge in [-0.3, -0.25) is 4.98 Å². The summed E-state index contributed by atoms with van der Waals surface area (Å²) in [4.78, 5) is 4.46. The van der Waals surface area contributed by atoms with E-state index in [1.165, 1.54) is 0 Å². The number of aliphatic hydroxyl groups is 1. The molecule has 0 saturated heterocycles. The molecule has 0 saturated carbocycles. The van der Waals surface area contributed by atoms with Crippen molar-refractivity contribution in [1.29, 1.82) is 0 Å². The monoisotopic (exact) mass is 313 g/mol. The molecule has 23 heavy (non-hydrogen) atoms. The molecule has 0 aliphatic heterocycles. The van der Waals surface area contributed by atoms with E-state index < -0.39 is 6.10 Å². The molecule has 0 amide bonds. The van der Waals surface area contributed by atoms with Crippen LogP contribution in [-0.2, 0) is 11.3 Å². The van der Waals surface area contributed by atoms with Crippen molar-refractivity contribution < 1.29 is 19.0 Å². The van der Waals surface area contributed by atoms with Crippen LogP contribution in [0.2, 0.25) is 0 Å². The summed E-state index contributed by atoms with van der Waals surface area (Å²) in [5, 5.41) is 10.9. The van der Waals surface area contributed by atoms with E-state index in [4.69, 9.17) is 13.9 Å². The Kier molecular flexibility index (Phi) is 4.90. The van der Waals surface area contributed by atoms with Gasteiger partial charge in [-0.1, -0.05) is 6.07 Å². The van der Waals surface area contributed by atoms with Crippen molar-refractivity contribution >= 4 is 10.9 Å². The van der Waals surface area contributed by atoms with Crippen LogP contribution in [0.4, 0.5) is 0 Å². The minimum absolute atomic E-state index is 0.158. The average Bonchev–Trinajstić information content (AvgIpc) is 3.06. The van der Waals surface area contributed by atoms with Gasteiger partial charge in [0.05, 0.1) is 18.4 Å². The lowest BCUT2D eigenvalue weighted by Gasteiger charge is -2.14. The number of aromatic nitrogens is 1. The Morgan fingerprint density at radius 1 is 1.13 bits per heavy atom. The van der Waals surface area contributed by atoms with E-state index >= 15 is 0 Å². The molecular formula is C18H19NO4. The molecule has 0 aliphatic carbocycles.